The van der Waals surface area contributed by atoms with Gasteiger partial charge in [-0.3, -0.25) is 4.79 Å². The fraction of sp³-hybridized carbons (Fsp3) is 0.538. The predicted octanol–water partition coefficient (Wildman–Crippen LogP) is 2.55. The van der Waals surface area contributed by atoms with Gasteiger partial charge in [-0.25, -0.2) is 4.79 Å². The average Bonchev–Trinajstić information content (AvgIpc) is 3.17. The Balaban J connectivity index is 1.58. The normalized spacial score (nSPS) is 29.8. The lowest BCUT2D eigenvalue weighted by molar-refractivity contribution is -0.135. The highest BCUT2D eigenvalue weighted by atomic mass is 79.9. The third-order valence-electron chi connectivity index (χ3n) is 4.48. The van der Waals surface area contributed by atoms with E-state index in [0.717, 1.165) is 27.8 Å². The molecule has 0 unspecified atom stereocenters. The zero-order valence-electron chi connectivity index (χ0n) is 10.4. The molecule has 1 aromatic heterocycles. The number of fused-ring (bicyclic) bond motifs is 2. The maximum atomic E-state index is 12.3. The average molecular weight is 342 g/mol. The van der Waals surface area contributed by atoms with E-state index < -0.39 is 0 Å². The number of hydrogen-bond acceptors (Lipinski definition) is 4. The van der Waals surface area contributed by atoms with Gasteiger partial charge in [-0.2, -0.15) is 0 Å². The van der Waals surface area contributed by atoms with E-state index in [0.29, 0.717) is 29.8 Å². The Bertz CT molecular complexity index is 618. The molecule has 6 heteroatoms. The van der Waals surface area contributed by atoms with Crippen LogP contribution in [0.3, 0.4) is 0 Å². The summed E-state index contributed by atoms with van der Waals surface area (Å²) in [4.78, 5) is 27.6. The SMILES string of the molecule is COC(=O)c1sc2c(c1Br)CN(C(=O)C13CC1C3)C2. The van der Waals surface area contributed by atoms with Crippen LogP contribution in [0.2, 0.25) is 0 Å². The van der Waals surface area contributed by atoms with E-state index in [9.17, 15) is 9.59 Å². The van der Waals surface area contributed by atoms with Crippen molar-refractivity contribution in [1.29, 1.82) is 0 Å². The maximum Gasteiger partial charge on any atom is 0.349 e. The smallest absolute Gasteiger partial charge is 0.349 e. The molecule has 3 aliphatic rings. The van der Waals surface area contributed by atoms with Crippen LogP contribution in [0.1, 0.15) is 33.0 Å². The van der Waals surface area contributed by atoms with Crippen molar-refractivity contribution in [3.63, 3.8) is 0 Å². The third kappa shape index (κ3) is 1.50. The Hall–Kier alpha value is -0.880. The van der Waals surface area contributed by atoms with Crippen molar-refractivity contribution in [2.75, 3.05) is 7.11 Å². The van der Waals surface area contributed by atoms with Gasteiger partial charge in [0, 0.05) is 21.5 Å². The van der Waals surface area contributed by atoms with Crippen LogP contribution in [0.5, 0.6) is 0 Å². The van der Waals surface area contributed by atoms with Crippen LogP contribution >= 0.6 is 27.3 Å². The molecule has 2 fully saturated rings. The molecule has 1 aliphatic heterocycles. The van der Waals surface area contributed by atoms with Crippen LogP contribution in [0.15, 0.2) is 4.47 Å². The van der Waals surface area contributed by atoms with Crippen LogP contribution in [-0.4, -0.2) is 23.9 Å². The standard InChI is InChI=1S/C13H12BrNO3S/c1-18-11(16)10-9(14)7-4-15(5-8(7)19-10)12(17)13-2-6(13)3-13/h6H,2-5H2,1H3. The first kappa shape index (κ1) is 11.9. The fourth-order valence-electron chi connectivity index (χ4n) is 2.93. The van der Waals surface area contributed by atoms with E-state index >= 15 is 0 Å². The van der Waals surface area contributed by atoms with Gasteiger partial charge in [0.25, 0.3) is 0 Å². The highest BCUT2D eigenvalue weighted by molar-refractivity contribution is 9.10. The number of rotatable bonds is 2. The molecule has 0 bridgehead atoms. The maximum absolute atomic E-state index is 12.3. The second-order valence-corrected chi connectivity index (χ2v) is 7.46. The number of methoxy groups -OCH3 is 1. The van der Waals surface area contributed by atoms with Gasteiger partial charge in [0.1, 0.15) is 4.88 Å². The lowest BCUT2D eigenvalue weighted by Gasteiger charge is -2.17. The van der Waals surface area contributed by atoms with Crippen molar-refractivity contribution in [2.45, 2.75) is 25.9 Å². The van der Waals surface area contributed by atoms with Crippen LogP contribution in [0.4, 0.5) is 0 Å². The highest BCUT2D eigenvalue weighted by Gasteiger charge is 2.75. The van der Waals surface area contributed by atoms with E-state index in [4.69, 9.17) is 4.74 Å². The molecule has 0 spiro atoms. The molecule has 0 aromatic carbocycles. The Morgan fingerprint density at radius 3 is 2.63 bits per heavy atom. The summed E-state index contributed by atoms with van der Waals surface area (Å²) in [5.74, 6) is 0.673. The zero-order valence-corrected chi connectivity index (χ0v) is 12.8. The summed E-state index contributed by atoms with van der Waals surface area (Å²) in [6.45, 7) is 1.26. The van der Waals surface area contributed by atoms with Gasteiger partial charge >= 0.3 is 5.97 Å². The van der Waals surface area contributed by atoms with Gasteiger partial charge in [0.05, 0.1) is 19.1 Å². The van der Waals surface area contributed by atoms with Gasteiger partial charge in [0.2, 0.25) is 5.91 Å². The Kier molecular flexibility index (Phi) is 2.26. The number of nitrogens with zero attached hydrogens (tertiary/aromatic N) is 1. The molecular weight excluding hydrogens is 330 g/mol. The van der Waals surface area contributed by atoms with Crippen molar-refractivity contribution in [3.8, 4) is 0 Å². The quantitative estimate of drug-likeness (QED) is 0.776. The first-order valence-corrected chi connectivity index (χ1v) is 7.85. The molecule has 1 aromatic rings. The van der Waals surface area contributed by atoms with E-state index in [-0.39, 0.29) is 11.4 Å². The van der Waals surface area contributed by atoms with Gasteiger partial charge in [-0.05, 0) is 34.7 Å². The molecule has 0 saturated heterocycles. The van der Waals surface area contributed by atoms with Crippen molar-refractivity contribution in [1.82, 2.24) is 4.90 Å². The summed E-state index contributed by atoms with van der Waals surface area (Å²) in [5, 5.41) is 0. The van der Waals surface area contributed by atoms with Crippen molar-refractivity contribution >= 4 is 39.1 Å². The summed E-state index contributed by atoms with van der Waals surface area (Å²) in [7, 11) is 1.38. The minimum absolute atomic E-state index is 0.0335. The summed E-state index contributed by atoms with van der Waals surface area (Å²) in [5.41, 5.74) is 1.11. The number of ether oxygens (including phenoxy) is 1. The van der Waals surface area contributed by atoms with Crippen LogP contribution in [0.25, 0.3) is 0 Å². The number of esters is 1. The molecule has 0 N–H and O–H groups in total. The largest absolute Gasteiger partial charge is 0.465 e. The van der Waals surface area contributed by atoms with Gasteiger partial charge in [0.15, 0.2) is 0 Å². The highest BCUT2D eigenvalue weighted by Crippen LogP contribution is 2.76. The van der Waals surface area contributed by atoms with Crippen LogP contribution in [-0.2, 0) is 22.6 Å². The minimum atomic E-state index is -0.313. The lowest BCUT2D eigenvalue weighted by Crippen LogP contribution is -2.29. The first-order valence-electron chi connectivity index (χ1n) is 6.24. The monoisotopic (exact) mass is 341 g/mol. The van der Waals surface area contributed by atoms with Gasteiger partial charge in [-0.15, -0.1) is 11.3 Å². The number of carbonyl (C=O) groups excluding carboxylic acids is 2. The third-order valence-corrected chi connectivity index (χ3v) is 6.81. The second-order valence-electron chi connectivity index (χ2n) is 5.56. The zero-order chi connectivity index (χ0) is 13.4. The lowest BCUT2D eigenvalue weighted by atomic mass is 10.2. The van der Waals surface area contributed by atoms with E-state index in [1.807, 2.05) is 4.90 Å². The Labute approximate surface area is 122 Å². The van der Waals surface area contributed by atoms with Crippen LogP contribution < -0.4 is 0 Å². The Morgan fingerprint density at radius 2 is 2.11 bits per heavy atom. The minimum Gasteiger partial charge on any atom is -0.465 e. The predicted molar refractivity (Wildman–Crippen MR) is 72.8 cm³/mol. The Morgan fingerprint density at radius 1 is 1.42 bits per heavy atom. The molecule has 2 aliphatic carbocycles. The summed E-state index contributed by atoms with van der Waals surface area (Å²) in [6.07, 6.45) is 2.18. The molecule has 100 valence electrons. The molecule has 4 rings (SSSR count). The molecule has 1 amide bonds. The van der Waals surface area contributed by atoms with Crippen LogP contribution in [0, 0.1) is 11.3 Å². The molecule has 0 atom stereocenters. The summed E-state index contributed by atoms with van der Waals surface area (Å²) in [6, 6.07) is 0. The van der Waals surface area contributed by atoms with E-state index in [1.54, 1.807) is 0 Å². The molecule has 0 radical (unpaired) electrons. The summed E-state index contributed by atoms with van der Waals surface area (Å²) >= 11 is 4.90. The number of carbonyl (C=O) groups is 2. The molecule has 2 saturated carbocycles. The second kappa shape index (κ2) is 3.61. The number of amides is 1. The van der Waals surface area contributed by atoms with Crippen molar-refractivity contribution < 1.29 is 14.3 Å². The number of hydrogen-bond donors (Lipinski definition) is 0. The molecule has 4 nitrogen and oxygen atoms in total. The molecule has 2 heterocycles. The van der Waals surface area contributed by atoms with Gasteiger partial charge in [-0.1, -0.05) is 0 Å². The topological polar surface area (TPSA) is 46.6 Å². The van der Waals surface area contributed by atoms with Gasteiger partial charge < -0.3 is 9.64 Å². The van der Waals surface area contributed by atoms with E-state index in [1.165, 1.54) is 18.4 Å². The fourth-order valence-corrected chi connectivity index (χ4v) is 4.96. The number of halogens is 1. The molecular formula is C13H12BrNO3S. The van der Waals surface area contributed by atoms with Crippen molar-refractivity contribution in [3.05, 3.63) is 19.8 Å². The molecule has 19 heavy (non-hydrogen) atoms. The number of thiophene rings is 1. The first-order chi connectivity index (χ1) is 9.06. The van der Waals surface area contributed by atoms with E-state index in [2.05, 4.69) is 15.9 Å². The van der Waals surface area contributed by atoms with Crippen molar-refractivity contribution in [2.24, 2.45) is 11.3 Å². The summed E-state index contributed by atoms with van der Waals surface area (Å²) < 4.78 is 5.56.